The van der Waals surface area contributed by atoms with Crippen LogP contribution in [0.3, 0.4) is 0 Å². The molecule has 1 aromatic heterocycles. The number of nitrogens with two attached hydrogens (primary N) is 1. The number of benzene rings is 1. The van der Waals surface area contributed by atoms with Gasteiger partial charge in [-0.05, 0) is 25.1 Å². The van der Waals surface area contributed by atoms with Crippen molar-refractivity contribution < 1.29 is 14.3 Å². The minimum atomic E-state index is -1.09. The number of nitrogens with zero attached hydrogens (tertiary/aromatic N) is 1. The Bertz CT molecular complexity index is 787. The minimum absolute atomic E-state index is 0.200. The summed E-state index contributed by atoms with van der Waals surface area (Å²) in [6.07, 6.45) is 3.49. The lowest BCUT2D eigenvalue weighted by molar-refractivity contribution is -0.146. The van der Waals surface area contributed by atoms with Crippen molar-refractivity contribution in [3.05, 3.63) is 35.6 Å². The quantitative estimate of drug-likeness (QED) is 0.589. The molecule has 1 amide bonds. The molecule has 1 unspecified atom stereocenters. The van der Waals surface area contributed by atoms with Crippen molar-refractivity contribution in [1.29, 1.82) is 0 Å². The molecule has 4 N–H and O–H groups in total. The van der Waals surface area contributed by atoms with E-state index in [9.17, 15) is 9.59 Å². The van der Waals surface area contributed by atoms with E-state index in [0.29, 0.717) is 27.8 Å². The summed E-state index contributed by atoms with van der Waals surface area (Å²) in [4.78, 5) is 23.9. The summed E-state index contributed by atoms with van der Waals surface area (Å²) in [5.74, 6) is -1.11. The third-order valence-electron chi connectivity index (χ3n) is 3.42. The Labute approximate surface area is 137 Å². The van der Waals surface area contributed by atoms with Gasteiger partial charge in [-0.2, -0.15) is 0 Å². The van der Waals surface area contributed by atoms with Gasteiger partial charge >= 0.3 is 5.97 Å². The predicted octanol–water partition coefficient (Wildman–Crippen LogP) is 2.01. The van der Waals surface area contributed by atoms with Gasteiger partial charge in [-0.25, -0.2) is 4.79 Å². The van der Waals surface area contributed by atoms with Gasteiger partial charge in [-0.3, -0.25) is 4.79 Å². The lowest BCUT2D eigenvalue weighted by atomic mass is 10.1. The van der Waals surface area contributed by atoms with Gasteiger partial charge in [0.15, 0.2) is 0 Å². The van der Waals surface area contributed by atoms with E-state index in [2.05, 4.69) is 10.6 Å². The molecule has 1 aliphatic rings. The van der Waals surface area contributed by atoms with Gasteiger partial charge in [0.25, 0.3) is 5.91 Å². The lowest BCUT2D eigenvalue weighted by Crippen LogP contribution is -2.45. The number of amides is 1. The molecule has 3 rings (SSSR count). The molecular weight excluding hydrogens is 320 g/mol. The SMILES string of the molecule is CCOC(=O)C1Nc2cc(-n3ccc(N)c3)c(Cl)cc2NC1=O. The maximum absolute atomic E-state index is 12.0. The summed E-state index contributed by atoms with van der Waals surface area (Å²) in [7, 11) is 0. The summed E-state index contributed by atoms with van der Waals surface area (Å²) in [6, 6.07) is 4.01. The van der Waals surface area contributed by atoms with E-state index >= 15 is 0 Å². The van der Waals surface area contributed by atoms with Crippen molar-refractivity contribution in [2.45, 2.75) is 13.0 Å². The van der Waals surface area contributed by atoms with Crippen molar-refractivity contribution in [3.8, 4) is 5.69 Å². The number of esters is 1. The van der Waals surface area contributed by atoms with Crippen LogP contribution in [0, 0.1) is 0 Å². The monoisotopic (exact) mass is 334 g/mol. The maximum atomic E-state index is 12.0. The summed E-state index contributed by atoms with van der Waals surface area (Å²) in [5, 5.41) is 5.98. The molecule has 7 nitrogen and oxygen atoms in total. The summed E-state index contributed by atoms with van der Waals surface area (Å²) >= 11 is 6.27. The molecule has 1 aliphatic heterocycles. The zero-order chi connectivity index (χ0) is 16.6. The molecule has 2 heterocycles. The van der Waals surface area contributed by atoms with Crippen LogP contribution in [0.4, 0.5) is 17.1 Å². The largest absolute Gasteiger partial charge is 0.464 e. The van der Waals surface area contributed by atoms with Crippen LogP contribution in [0.5, 0.6) is 0 Å². The fraction of sp³-hybridized carbons (Fsp3) is 0.200. The summed E-state index contributed by atoms with van der Waals surface area (Å²) in [5.41, 5.74) is 8.08. The van der Waals surface area contributed by atoms with Crippen molar-refractivity contribution in [2.24, 2.45) is 0 Å². The zero-order valence-corrected chi connectivity index (χ0v) is 13.1. The normalized spacial score (nSPS) is 16.3. The topological polar surface area (TPSA) is 98.4 Å². The number of carbonyl (C=O) groups is 2. The first-order valence-electron chi connectivity index (χ1n) is 7.01. The van der Waals surface area contributed by atoms with Crippen LogP contribution in [-0.2, 0) is 14.3 Å². The Hall–Kier alpha value is -2.67. The predicted molar refractivity (Wildman–Crippen MR) is 87.9 cm³/mol. The van der Waals surface area contributed by atoms with E-state index < -0.39 is 17.9 Å². The highest BCUT2D eigenvalue weighted by Crippen LogP contribution is 2.35. The number of fused-ring (bicyclic) bond motifs is 1. The number of halogens is 1. The Balaban J connectivity index is 1.97. The second-order valence-electron chi connectivity index (χ2n) is 5.02. The number of nitrogen functional groups attached to an aromatic ring is 1. The maximum Gasteiger partial charge on any atom is 0.338 e. The Morgan fingerprint density at radius 2 is 2.22 bits per heavy atom. The standard InChI is InChI=1S/C15H15ClN4O3/c1-2-23-15(22)13-14(21)19-10-5-9(16)12(6-11(10)18-13)20-4-3-8(17)7-20/h3-7,13,18H,2,17H2,1H3,(H,19,21). The van der Waals surface area contributed by atoms with Crippen LogP contribution in [0.25, 0.3) is 5.69 Å². The molecule has 0 saturated heterocycles. The molecule has 1 aromatic carbocycles. The van der Waals surface area contributed by atoms with Gasteiger partial charge in [0.1, 0.15) is 0 Å². The van der Waals surface area contributed by atoms with Crippen molar-refractivity contribution in [3.63, 3.8) is 0 Å². The van der Waals surface area contributed by atoms with Crippen LogP contribution in [0.2, 0.25) is 5.02 Å². The first-order valence-corrected chi connectivity index (χ1v) is 7.39. The average molecular weight is 335 g/mol. The number of hydrogen-bond acceptors (Lipinski definition) is 5. The third kappa shape index (κ3) is 2.83. The molecule has 0 saturated carbocycles. The fourth-order valence-corrected chi connectivity index (χ4v) is 2.62. The summed E-state index contributed by atoms with van der Waals surface area (Å²) in [6.45, 7) is 1.88. The Morgan fingerprint density at radius 3 is 2.87 bits per heavy atom. The Kier molecular flexibility index (Phi) is 3.87. The van der Waals surface area contributed by atoms with Gasteiger partial charge in [-0.15, -0.1) is 0 Å². The molecule has 2 aromatic rings. The first-order chi connectivity index (χ1) is 11.0. The van der Waals surface area contributed by atoms with E-state index in [4.69, 9.17) is 22.1 Å². The molecule has 120 valence electrons. The van der Waals surface area contributed by atoms with Crippen LogP contribution < -0.4 is 16.4 Å². The number of hydrogen-bond donors (Lipinski definition) is 3. The molecule has 0 bridgehead atoms. The van der Waals surface area contributed by atoms with E-state index in [1.54, 1.807) is 42.1 Å². The van der Waals surface area contributed by atoms with Crippen molar-refractivity contribution in [1.82, 2.24) is 4.57 Å². The number of rotatable bonds is 3. The number of carbonyl (C=O) groups excluding carboxylic acids is 2. The average Bonchev–Trinajstić information content (AvgIpc) is 2.92. The zero-order valence-electron chi connectivity index (χ0n) is 12.3. The van der Waals surface area contributed by atoms with Crippen LogP contribution in [0.1, 0.15) is 6.92 Å². The molecule has 0 radical (unpaired) electrons. The van der Waals surface area contributed by atoms with Crippen molar-refractivity contribution >= 4 is 40.5 Å². The van der Waals surface area contributed by atoms with Crippen molar-refractivity contribution in [2.75, 3.05) is 23.0 Å². The van der Waals surface area contributed by atoms with Gasteiger partial charge in [0, 0.05) is 18.1 Å². The highest BCUT2D eigenvalue weighted by atomic mass is 35.5. The number of anilines is 3. The van der Waals surface area contributed by atoms with Gasteiger partial charge < -0.3 is 25.7 Å². The van der Waals surface area contributed by atoms with E-state index in [0.717, 1.165) is 0 Å². The molecule has 1 atom stereocenters. The number of ether oxygens (including phenoxy) is 1. The smallest absolute Gasteiger partial charge is 0.338 e. The molecular formula is C15H15ClN4O3. The number of nitrogens with one attached hydrogen (secondary N) is 2. The van der Waals surface area contributed by atoms with E-state index in [1.165, 1.54) is 0 Å². The van der Waals surface area contributed by atoms with Crippen LogP contribution >= 0.6 is 11.6 Å². The Morgan fingerprint density at radius 1 is 1.43 bits per heavy atom. The number of aromatic nitrogens is 1. The summed E-state index contributed by atoms with van der Waals surface area (Å²) < 4.78 is 6.66. The van der Waals surface area contributed by atoms with Crippen LogP contribution in [-0.4, -0.2) is 29.1 Å². The second-order valence-corrected chi connectivity index (χ2v) is 5.43. The third-order valence-corrected chi connectivity index (χ3v) is 3.73. The fourth-order valence-electron chi connectivity index (χ4n) is 2.36. The van der Waals surface area contributed by atoms with E-state index in [1.807, 2.05) is 0 Å². The van der Waals surface area contributed by atoms with Gasteiger partial charge in [-0.1, -0.05) is 11.6 Å². The van der Waals surface area contributed by atoms with E-state index in [-0.39, 0.29) is 6.61 Å². The first kappa shape index (κ1) is 15.2. The molecule has 0 aliphatic carbocycles. The molecule has 0 fully saturated rings. The van der Waals surface area contributed by atoms with Gasteiger partial charge in [0.2, 0.25) is 6.04 Å². The minimum Gasteiger partial charge on any atom is -0.464 e. The molecule has 8 heteroatoms. The molecule has 0 spiro atoms. The van der Waals surface area contributed by atoms with Crippen LogP contribution in [0.15, 0.2) is 30.6 Å². The second kappa shape index (κ2) is 5.85. The highest BCUT2D eigenvalue weighted by Gasteiger charge is 2.33. The molecule has 23 heavy (non-hydrogen) atoms. The highest BCUT2D eigenvalue weighted by molar-refractivity contribution is 6.33. The van der Waals surface area contributed by atoms with Gasteiger partial charge in [0.05, 0.1) is 28.7 Å². The lowest BCUT2D eigenvalue weighted by Gasteiger charge is -2.26.